The van der Waals surface area contributed by atoms with Crippen molar-refractivity contribution in [1.82, 2.24) is 9.88 Å². The van der Waals surface area contributed by atoms with Crippen LogP contribution >= 0.6 is 0 Å². The zero-order valence-corrected chi connectivity index (χ0v) is 17.5. The minimum absolute atomic E-state index is 0.132. The van der Waals surface area contributed by atoms with Crippen molar-refractivity contribution in [1.29, 1.82) is 0 Å². The number of amides is 1. The maximum atomic E-state index is 13.6. The number of rotatable bonds is 3. The lowest BCUT2D eigenvalue weighted by atomic mass is 9.87. The molecule has 0 atom stereocenters. The summed E-state index contributed by atoms with van der Waals surface area (Å²) in [6, 6.07) is 4.19. The smallest absolute Gasteiger partial charge is 0.343 e. The van der Waals surface area contributed by atoms with Gasteiger partial charge in [-0.15, -0.1) is 0 Å². The molecule has 0 aliphatic carbocycles. The molecular formula is C22H25FN2O4. The number of aryl methyl sites for hydroxylation is 2. The van der Waals surface area contributed by atoms with Crippen LogP contribution in [0.5, 0.6) is 0 Å². The summed E-state index contributed by atoms with van der Waals surface area (Å²) in [5.41, 5.74) is 0.834. The number of benzene rings is 1. The highest BCUT2D eigenvalue weighted by Gasteiger charge is 2.39. The average molecular weight is 400 g/mol. The second-order valence-corrected chi connectivity index (χ2v) is 8.19. The van der Waals surface area contributed by atoms with Crippen molar-refractivity contribution in [3.05, 3.63) is 58.7 Å². The highest BCUT2D eigenvalue weighted by Crippen LogP contribution is 2.36. The van der Waals surface area contributed by atoms with Crippen molar-refractivity contribution in [2.75, 3.05) is 6.54 Å². The normalized spacial score (nSPS) is 15.6. The maximum Gasteiger partial charge on any atom is 0.343 e. The third-order valence-corrected chi connectivity index (χ3v) is 4.70. The molecule has 0 N–H and O–H groups in total. The molecular weight excluding hydrogens is 375 g/mol. The SMILES string of the molecule is Cc1nc2c(o1)C(C(=O)OC(C)C)=CN(C(=O)c1ccc(F)c(C)c1)CC2(C)C. The minimum Gasteiger partial charge on any atom is -0.459 e. The molecule has 0 bridgehead atoms. The summed E-state index contributed by atoms with van der Waals surface area (Å²) < 4.78 is 24.7. The number of esters is 1. The Kier molecular flexibility index (Phi) is 5.34. The van der Waals surface area contributed by atoms with Gasteiger partial charge in [0.25, 0.3) is 5.91 Å². The van der Waals surface area contributed by atoms with Crippen molar-refractivity contribution < 1.29 is 23.1 Å². The van der Waals surface area contributed by atoms with Gasteiger partial charge in [0.1, 0.15) is 11.4 Å². The molecule has 1 aliphatic rings. The lowest BCUT2D eigenvalue weighted by Crippen LogP contribution is -2.37. The summed E-state index contributed by atoms with van der Waals surface area (Å²) in [4.78, 5) is 31.9. The molecule has 0 fully saturated rings. The van der Waals surface area contributed by atoms with Crippen LogP contribution in [0.15, 0.2) is 28.8 Å². The molecule has 1 aromatic carbocycles. The van der Waals surface area contributed by atoms with E-state index in [1.165, 1.54) is 29.3 Å². The van der Waals surface area contributed by atoms with Gasteiger partial charge in [0, 0.05) is 30.6 Å². The topological polar surface area (TPSA) is 72.6 Å². The van der Waals surface area contributed by atoms with E-state index in [0.717, 1.165) is 0 Å². The van der Waals surface area contributed by atoms with Gasteiger partial charge in [-0.25, -0.2) is 14.2 Å². The summed E-state index contributed by atoms with van der Waals surface area (Å²) in [7, 11) is 0. The molecule has 1 aliphatic heterocycles. The molecule has 0 saturated carbocycles. The Balaban J connectivity index is 2.11. The summed E-state index contributed by atoms with van der Waals surface area (Å²) in [6.45, 7) is 10.9. The molecule has 2 heterocycles. The first-order valence-corrected chi connectivity index (χ1v) is 9.48. The first kappa shape index (κ1) is 20.8. The van der Waals surface area contributed by atoms with Gasteiger partial charge in [-0.1, -0.05) is 13.8 Å². The molecule has 0 radical (unpaired) electrons. The number of carbonyl (C=O) groups is 2. The zero-order valence-electron chi connectivity index (χ0n) is 17.5. The number of ether oxygens (including phenoxy) is 1. The molecule has 6 nitrogen and oxygen atoms in total. The first-order valence-electron chi connectivity index (χ1n) is 9.48. The molecule has 2 aromatic rings. The fraction of sp³-hybridized carbons (Fsp3) is 0.409. The summed E-state index contributed by atoms with van der Waals surface area (Å²) >= 11 is 0. The van der Waals surface area contributed by atoms with E-state index in [0.29, 0.717) is 28.5 Å². The number of halogens is 1. The lowest BCUT2D eigenvalue weighted by Gasteiger charge is -2.28. The standard InChI is InChI=1S/C22H25FN2O4/c1-12(2)28-21(27)16-10-25(20(26)15-7-8-17(23)13(3)9-15)11-22(5,6)19-18(16)29-14(4)24-19/h7-10,12H,11H2,1-6H3. The molecule has 3 rings (SSSR count). The number of fused-ring (bicyclic) bond motifs is 1. The number of aromatic nitrogens is 1. The summed E-state index contributed by atoms with van der Waals surface area (Å²) in [6.07, 6.45) is 1.11. The van der Waals surface area contributed by atoms with Crippen molar-refractivity contribution in [3.8, 4) is 0 Å². The van der Waals surface area contributed by atoms with Gasteiger partial charge >= 0.3 is 5.97 Å². The highest BCUT2D eigenvalue weighted by atomic mass is 19.1. The highest BCUT2D eigenvalue weighted by molar-refractivity contribution is 6.16. The van der Waals surface area contributed by atoms with Crippen LogP contribution in [0.25, 0.3) is 5.57 Å². The van der Waals surface area contributed by atoms with E-state index in [4.69, 9.17) is 9.15 Å². The fourth-order valence-corrected chi connectivity index (χ4v) is 3.33. The van der Waals surface area contributed by atoms with Crippen LogP contribution in [0.1, 0.15) is 61.0 Å². The van der Waals surface area contributed by atoms with E-state index in [-0.39, 0.29) is 29.9 Å². The molecule has 7 heteroatoms. The second-order valence-electron chi connectivity index (χ2n) is 8.19. The third kappa shape index (κ3) is 4.09. The van der Waals surface area contributed by atoms with E-state index in [1.807, 2.05) is 13.8 Å². The van der Waals surface area contributed by atoms with Crippen LogP contribution in [0.2, 0.25) is 0 Å². The van der Waals surface area contributed by atoms with Crippen LogP contribution in [-0.4, -0.2) is 34.4 Å². The van der Waals surface area contributed by atoms with Gasteiger partial charge < -0.3 is 14.1 Å². The first-order chi connectivity index (χ1) is 13.5. The molecule has 0 unspecified atom stereocenters. The van der Waals surface area contributed by atoms with Crippen LogP contribution < -0.4 is 0 Å². The molecule has 0 spiro atoms. The largest absolute Gasteiger partial charge is 0.459 e. The summed E-state index contributed by atoms with van der Waals surface area (Å²) in [5.74, 6) is -0.585. The second kappa shape index (κ2) is 7.46. The van der Waals surface area contributed by atoms with Crippen LogP contribution in [0, 0.1) is 19.7 Å². The number of hydrogen-bond donors (Lipinski definition) is 0. The quantitative estimate of drug-likeness (QED) is 0.724. The monoisotopic (exact) mass is 400 g/mol. The molecule has 1 aromatic heterocycles. The van der Waals surface area contributed by atoms with Crippen molar-refractivity contribution >= 4 is 17.4 Å². The van der Waals surface area contributed by atoms with Gasteiger partial charge in [0.05, 0.1) is 11.8 Å². The van der Waals surface area contributed by atoms with Crippen molar-refractivity contribution in [2.24, 2.45) is 0 Å². The van der Waals surface area contributed by atoms with Gasteiger partial charge in [0.15, 0.2) is 11.7 Å². The number of oxazole rings is 1. The number of carbonyl (C=O) groups excluding carboxylic acids is 2. The van der Waals surface area contributed by atoms with E-state index >= 15 is 0 Å². The molecule has 154 valence electrons. The van der Waals surface area contributed by atoms with E-state index < -0.39 is 11.4 Å². The lowest BCUT2D eigenvalue weighted by molar-refractivity contribution is -0.140. The van der Waals surface area contributed by atoms with E-state index in [1.54, 1.807) is 27.7 Å². The number of hydrogen-bond acceptors (Lipinski definition) is 5. The zero-order chi connectivity index (χ0) is 21.5. The molecule has 29 heavy (non-hydrogen) atoms. The maximum absolute atomic E-state index is 13.6. The molecule has 1 amide bonds. The Morgan fingerprint density at radius 2 is 1.97 bits per heavy atom. The Hall–Kier alpha value is -2.96. The Morgan fingerprint density at radius 1 is 1.28 bits per heavy atom. The fourth-order valence-electron chi connectivity index (χ4n) is 3.33. The number of nitrogens with zero attached hydrogens (tertiary/aromatic N) is 2. The minimum atomic E-state index is -0.594. The van der Waals surface area contributed by atoms with Gasteiger partial charge in [-0.3, -0.25) is 4.79 Å². The molecule has 0 saturated heterocycles. The Bertz CT molecular complexity index is 1000. The van der Waals surface area contributed by atoms with Crippen LogP contribution in [0.4, 0.5) is 4.39 Å². The van der Waals surface area contributed by atoms with Gasteiger partial charge in [-0.2, -0.15) is 0 Å². The van der Waals surface area contributed by atoms with Crippen LogP contribution in [-0.2, 0) is 14.9 Å². The van der Waals surface area contributed by atoms with Gasteiger partial charge in [-0.05, 0) is 44.5 Å². The van der Waals surface area contributed by atoms with Crippen LogP contribution in [0.3, 0.4) is 0 Å². The summed E-state index contributed by atoms with van der Waals surface area (Å²) in [5, 5.41) is 0. The van der Waals surface area contributed by atoms with E-state index in [2.05, 4.69) is 4.98 Å². The van der Waals surface area contributed by atoms with Gasteiger partial charge in [0.2, 0.25) is 0 Å². The van der Waals surface area contributed by atoms with Crippen molar-refractivity contribution in [3.63, 3.8) is 0 Å². The van der Waals surface area contributed by atoms with E-state index in [9.17, 15) is 14.0 Å². The van der Waals surface area contributed by atoms with Crippen molar-refractivity contribution in [2.45, 2.75) is 53.1 Å². The Labute approximate surface area is 169 Å². The Morgan fingerprint density at radius 3 is 2.59 bits per heavy atom. The third-order valence-electron chi connectivity index (χ3n) is 4.70. The predicted octanol–water partition coefficient (Wildman–Crippen LogP) is 4.16. The predicted molar refractivity (Wildman–Crippen MR) is 106 cm³/mol. The average Bonchev–Trinajstić information content (AvgIpc) is 2.97.